The molecule has 1 atom stereocenters. The highest BCUT2D eigenvalue weighted by molar-refractivity contribution is 5.87. The number of hydrogen-bond acceptors (Lipinski definition) is 4. The van der Waals surface area contributed by atoms with Gasteiger partial charge in [0.1, 0.15) is 6.61 Å². The Kier molecular flexibility index (Phi) is 5.79. The predicted molar refractivity (Wildman–Crippen MR) is 67.8 cm³/mol. The molecular formula is C14H24O4. The second kappa shape index (κ2) is 6.88. The summed E-state index contributed by atoms with van der Waals surface area (Å²) >= 11 is 0. The molecule has 1 N–H and O–H groups in total. The Balaban J connectivity index is 2.54. The fraction of sp³-hybridized carbons (Fsp3) is 0.857. The Hall–Kier alpha value is -0.900. The first kappa shape index (κ1) is 15.2. The van der Waals surface area contributed by atoms with E-state index >= 15 is 0 Å². The Labute approximate surface area is 109 Å². The lowest BCUT2D eigenvalue weighted by Gasteiger charge is -2.23. The fourth-order valence-electron chi connectivity index (χ4n) is 2.73. The maximum Gasteiger partial charge on any atom is 0.339 e. The number of rotatable bonds is 8. The van der Waals surface area contributed by atoms with E-state index in [4.69, 9.17) is 5.11 Å². The number of esters is 2. The number of ether oxygens (including phenoxy) is 1. The Morgan fingerprint density at radius 2 is 1.94 bits per heavy atom. The van der Waals surface area contributed by atoms with Crippen LogP contribution in [0.4, 0.5) is 0 Å². The highest BCUT2D eigenvalue weighted by atomic mass is 16.6. The molecule has 0 bridgehead atoms. The van der Waals surface area contributed by atoms with E-state index < -0.39 is 18.5 Å². The third-order valence-electron chi connectivity index (χ3n) is 3.95. The van der Waals surface area contributed by atoms with Gasteiger partial charge < -0.3 is 9.84 Å². The van der Waals surface area contributed by atoms with E-state index in [1.165, 1.54) is 12.8 Å². The van der Waals surface area contributed by atoms with E-state index in [1.807, 2.05) is 6.92 Å². The van der Waals surface area contributed by atoms with Crippen LogP contribution in [0.25, 0.3) is 0 Å². The standard InChI is InChI=1S/C14H24O4/c1-3-5-6-7-14(8-9-14)11(4-2)13(17)18-12(16)10-15/h11,15H,3-10H2,1-2H3. The monoisotopic (exact) mass is 256 g/mol. The number of aliphatic hydroxyl groups is 1. The fourth-order valence-corrected chi connectivity index (χ4v) is 2.73. The molecule has 4 nitrogen and oxygen atoms in total. The first-order valence-corrected chi connectivity index (χ1v) is 6.95. The lowest BCUT2D eigenvalue weighted by molar-refractivity contribution is -0.166. The minimum absolute atomic E-state index is 0.0662. The van der Waals surface area contributed by atoms with Crippen molar-refractivity contribution in [1.82, 2.24) is 0 Å². The Morgan fingerprint density at radius 1 is 1.28 bits per heavy atom. The average molecular weight is 256 g/mol. The van der Waals surface area contributed by atoms with Crippen molar-refractivity contribution in [1.29, 1.82) is 0 Å². The first-order chi connectivity index (χ1) is 8.59. The smallest absolute Gasteiger partial charge is 0.339 e. The number of carbonyl (C=O) groups is 2. The van der Waals surface area contributed by atoms with Gasteiger partial charge >= 0.3 is 11.9 Å². The van der Waals surface area contributed by atoms with Gasteiger partial charge in [0, 0.05) is 0 Å². The molecule has 1 rings (SSSR count). The summed E-state index contributed by atoms with van der Waals surface area (Å²) in [5.74, 6) is -1.49. The van der Waals surface area contributed by atoms with Crippen LogP contribution in [-0.2, 0) is 14.3 Å². The predicted octanol–water partition coefficient (Wildman–Crippen LogP) is 2.44. The van der Waals surface area contributed by atoms with Gasteiger partial charge in [0.15, 0.2) is 0 Å². The van der Waals surface area contributed by atoms with Gasteiger partial charge in [-0.2, -0.15) is 0 Å². The summed E-state index contributed by atoms with van der Waals surface area (Å²) in [6.07, 6.45) is 7.33. The van der Waals surface area contributed by atoms with E-state index in [1.54, 1.807) is 0 Å². The maximum atomic E-state index is 11.9. The summed E-state index contributed by atoms with van der Waals surface area (Å²) in [4.78, 5) is 22.9. The second-order valence-electron chi connectivity index (χ2n) is 5.23. The Bertz CT molecular complexity index is 294. The van der Waals surface area contributed by atoms with E-state index in [0.29, 0.717) is 6.42 Å². The molecule has 0 aromatic heterocycles. The van der Waals surface area contributed by atoms with Crippen molar-refractivity contribution in [2.24, 2.45) is 11.3 Å². The Morgan fingerprint density at radius 3 is 2.39 bits per heavy atom. The maximum absolute atomic E-state index is 11.9. The van der Waals surface area contributed by atoms with Gasteiger partial charge in [0.05, 0.1) is 5.92 Å². The molecule has 0 radical (unpaired) electrons. The summed E-state index contributed by atoms with van der Waals surface area (Å²) in [6.45, 7) is 3.38. The molecule has 1 saturated carbocycles. The van der Waals surface area contributed by atoms with Gasteiger partial charge in [0.25, 0.3) is 0 Å². The quantitative estimate of drug-likeness (QED) is 0.411. The third kappa shape index (κ3) is 3.80. The first-order valence-electron chi connectivity index (χ1n) is 6.95. The minimum atomic E-state index is -0.845. The topological polar surface area (TPSA) is 63.6 Å². The van der Waals surface area contributed by atoms with Gasteiger partial charge in [-0.05, 0) is 31.1 Å². The van der Waals surface area contributed by atoms with Crippen molar-refractivity contribution in [3.8, 4) is 0 Å². The zero-order chi connectivity index (χ0) is 13.6. The molecule has 0 aromatic rings. The molecule has 1 fully saturated rings. The molecule has 4 heteroatoms. The van der Waals surface area contributed by atoms with Crippen LogP contribution in [0.3, 0.4) is 0 Å². The van der Waals surface area contributed by atoms with Crippen LogP contribution in [0, 0.1) is 11.3 Å². The van der Waals surface area contributed by atoms with E-state index in [2.05, 4.69) is 11.7 Å². The van der Waals surface area contributed by atoms with E-state index in [9.17, 15) is 9.59 Å². The zero-order valence-corrected chi connectivity index (χ0v) is 11.4. The summed E-state index contributed by atoms with van der Waals surface area (Å²) in [5, 5.41) is 8.60. The highest BCUT2D eigenvalue weighted by Gasteiger charge is 2.51. The van der Waals surface area contributed by atoms with Gasteiger partial charge in [-0.3, -0.25) is 4.79 Å². The SMILES string of the molecule is CCCCCC1(C(CC)C(=O)OC(=O)CO)CC1. The summed E-state index contributed by atoms with van der Waals surface area (Å²) in [7, 11) is 0. The molecule has 0 amide bonds. The molecule has 1 unspecified atom stereocenters. The molecule has 104 valence electrons. The lowest BCUT2D eigenvalue weighted by Crippen LogP contribution is -2.29. The van der Waals surface area contributed by atoms with E-state index in [0.717, 1.165) is 25.7 Å². The van der Waals surface area contributed by atoms with Crippen LogP contribution in [-0.4, -0.2) is 23.7 Å². The largest absolute Gasteiger partial charge is 0.391 e. The number of hydrogen-bond donors (Lipinski definition) is 1. The summed E-state index contributed by atoms with van der Waals surface area (Å²) in [6, 6.07) is 0. The molecule has 1 aliphatic carbocycles. The molecule has 0 aromatic carbocycles. The van der Waals surface area contributed by atoms with Crippen molar-refractivity contribution in [2.75, 3.05) is 6.61 Å². The minimum Gasteiger partial charge on any atom is -0.391 e. The van der Waals surface area contributed by atoms with Crippen molar-refractivity contribution >= 4 is 11.9 Å². The molecule has 1 aliphatic rings. The lowest BCUT2D eigenvalue weighted by atomic mass is 9.82. The van der Waals surface area contributed by atoms with Crippen LogP contribution in [0.1, 0.15) is 58.8 Å². The summed E-state index contributed by atoms with van der Waals surface area (Å²) < 4.78 is 4.66. The van der Waals surface area contributed by atoms with Crippen LogP contribution >= 0.6 is 0 Å². The third-order valence-corrected chi connectivity index (χ3v) is 3.95. The van der Waals surface area contributed by atoms with Crippen molar-refractivity contribution < 1.29 is 19.4 Å². The molecular weight excluding hydrogens is 232 g/mol. The molecule has 0 spiro atoms. The van der Waals surface area contributed by atoms with Gasteiger partial charge in [0.2, 0.25) is 0 Å². The average Bonchev–Trinajstić information content (AvgIpc) is 3.11. The van der Waals surface area contributed by atoms with Gasteiger partial charge in [-0.25, -0.2) is 4.79 Å². The molecule has 0 aliphatic heterocycles. The van der Waals surface area contributed by atoms with Crippen LogP contribution in [0.5, 0.6) is 0 Å². The van der Waals surface area contributed by atoms with Crippen molar-refractivity contribution in [3.63, 3.8) is 0 Å². The van der Waals surface area contributed by atoms with Crippen LogP contribution in [0.15, 0.2) is 0 Å². The number of aliphatic hydroxyl groups excluding tert-OH is 1. The van der Waals surface area contributed by atoms with Crippen LogP contribution < -0.4 is 0 Å². The van der Waals surface area contributed by atoms with Crippen LogP contribution in [0.2, 0.25) is 0 Å². The van der Waals surface area contributed by atoms with Gasteiger partial charge in [-0.15, -0.1) is 0 Å². The highest BCUT2D eigenvalue weighted by Crippen LogP contribution is 2.57. The molecule has 18 heavy (non-hydrogen) atoms. The van der Waals surface area contributed by atoms with Crippen molar-refractivity contribution in [3.05, 3.63) is 0 Å². The molecule has 0 heterocycles. The summed E-state index contributed by atoms with van der Waals surface area (Å²) in [5.41, 5.74) is 0.0662. The second-order valence-corrected chi connectivity index (χ2v) is 5.23. The van der Waals surface area contributed by atoms with Gasteiger partial charge in [-0.1, -0.05) is 33.1 Å². The normalized spacial score (nSPS) is 18.2. The number of unbranched alkanes of at least 4 members (excludes halogenated alkanes) is 2. The number of carbonyl (C=O) groups excluding carboxylic acids is 2. The molecule has 0 saturated heterocycles. The van der Waals surface area contributed by atoms with E-state index in [-0.39, 0.29) is 11.3 Å². The van der Waals surface area contributed by atoms with Crippen molar-refractivity contribution in [2.45, 2.75) is 58.8 Å². The zero-order valence-electron chi connectivity index (χ0n) is 11.4.